The van der Waals surface area contributed by atoms with Gasteiger partial charge in [-0.25, -0.2) is 4.39 Å². The Kier molecular flexibility index (Phi) is 7.47. The molecule has 0 aliphatic carbocycles. The Hall–Kier alpha value is -3.22. The Morgan fingerprint density at radius 2 is 1.72 bits per heavy atom. The number of carbonyl (C=O) groups excluding carboxylic acids is 3. The van der Waals surface area contributed by atoms with Crippen LogP contribution in [0, 0.1) is 18.7 Å². The molecule has 0 fully saturated rings. The summed E-state index contributed by atoms with van der Waals surface area (Å²) in [7, 11) is 0. The van der Waals surface area contributed by atoms with Crippen LogP contribution in [-0.2, 0) is 9.59 Å². The number of rotatable bonds is 7. The van der Waals surface area contributed by atoms with Gasteiger partial charge in [-0.3, -0.25) is 14.4 Å². The summed E-state index contributed by atoms with van der Waals surface area (Å²) in [5.74, 6) is -1.72. The maximum absolute atomic E-state index is 14.2. The highest BCUT2D eigenvalue weighted by Crippen LogP contribution is 2.21. The molecular formula is C22H26FN3O3. The fourth-order valence-corrected chi connectivity index (χ4v) is 2.89. The molecule has 0 aliphatic rings. The maximum Gasteiger partial charge on any atom is 0.252 e. The van der Waals surface area contributed by atoms with Gasteiger partial charge in [0.15, 0.2) is 0 Å². The second kappa shape index (κ2) is 9.82. The van der Waals surface area contributed by atoms with E-state index in [0.717, 1.165) is 11.6 Å². The molecule has 2 aromatic carbocycles. The number of nitrogens with one attached hydrogen (secondary N) is 3. The second-order valence-electron chi connectivity index (χ2n) is 7.34. The van der Waals surface area contributed by atoms with Gasteiger partial charge in [-0.15, -0.1) is 0 Å². The van der Waals surface area contributed by atoms with E-state index in [1.807, 2.05) is 32.9 Å². The summed E-state index contributed by atoms with van der Waals surface area (Å²) >= 11 is 0. The first-order valence-electron chi connectivity index (χ1n) is 9.42. The third-order valence-corrected chi connectivity index (χ3v) is 4.26. The van der Waals surface area contributed by atoms with E-state index >= 15 is 0 Å². The number of carbonyl (C=O) groups is 3. The predicted molar refractivity (Wildman–Crippen MR) is 111 cm³/mol. The van der Waals surface area contributed by atoms with Crippen molar-refractivity contribution in [3.05, 3.63) is 59.4 Å². The molecule has 0 radical (unpaired) electrons. The molecule has 0 bridgehead atoms. The summed E-state index contributed by atoms with van der Waals surface area (Å²) in [5, 5.41) is 7.81. The molecule has 0 aromatic heterocycles. The first kappa shape index (κ1) is 22.1. The van der Waals surface area contributed by atoms with Gasteiger partial charge in [0.05, 0.1) is 5.69 Å². The summed E-state index contributed by atoms with van der Waals surface area (Å²) in [6.45, 7) is 7.01. The molecule has 0 heterocycles. The first-order valence-corrected chi connectivity index (χ1v) is 9.42. The molecule has 0 saturated carbocycles. The van der Waals surface area contributed by atoms with Crippen molar-refractivity contribution >= 4 is 29.1 Å². The van der Waals surface area contributed by atoms with E-state index < -0.39 is 17.8 Å². The van der Waals surface area contributed by atoms with Gasteiger partial charge >= 0.3 is 0 Å². The van der Waals surface area contributed by atoms with E-state index in [0.29, 0.717) is 17.7 Å². The van der Waals surface area contributed by atoms with Crippen molar-refractivity contribution in [3.63, 3.8) is 0 Å². The summed E-state index contributed by atoms with van der Waals surface area (Å²) in [4.78, 5) is 36.7. The van der Waals surface area contributed by atoms with Gasteiger partial charge in [0, 0.05) is 18.2 Å². The second-order valence-corrected chi connectivity index (χ2v) is 7.34. The van der Waals surface area contributed by atoms with Crippen LogP contribution >= 0.6 is 0 Å². The van der Waals surface area contributed by atoms with Gasteiger partial charge in [-0.1, -0.05) is 32.0 Å². The zero-order valence-corrected chi connectivity index (χ0v) is 17.0. The van der Waals surface area contributed by atoms with Crippen LogP contribution in [0.15, 0.2) is 42.5 Å². The molecule has 1 atom stereocenters. The van der Waals surface area contributed by atoms with Crippen LogP contribution < -0.4 is 16.0 Å². The van der Waals surface area contributed by atoms with Crippen molar-refractivity contribution < 1.29 is 18.8 Å². The van der Waals surface area contributed by atoms with Crippen LogP contribution in [0.5, 0.6) is 0 Å². The first-order chi connectivity index (χ1) is 13.7. The molecule has 7 heteroatoms. The highest BCUT2D eigenvalue weighted by molar-refractivity contribution is 6.02. The minimum Gasteiger partial charge on any atom is -0.340 e. The Bertz CT molecular complexity index is 912. The molecule has 2 rings (SSSR count). The lowest BCUT2D eigenvalue weighted by molar-refractivity contribution is -0.118. The molecule has 2 aromatic rings. The Morgan fingerprint density at radius 1 is 1.03 bits per heavy atom. The smallest absolute Gasteiger partial charge is 0.252 e. The van der Waals surface area contributed by atoms with Crippen molar-refractivity contribution in [2.45, 2.75) is 40.2 Å². The topological polar surface area (TPSA) is 87.3 Å². The zero-order valence-electron chi connectivity index (χ0n) is 17.0. The molecule has 1 unspecified atom stereocenters. The standard InChI is InChI=1S/C22H26FN3O3/c1-13(2)11-20(26-21(28)17-8-6-5-7-14(17)3)22(29)25-19-12-16(24-15(4)27)9-10-18(19)23/h5-10,12-13,20H,11H2,1-4H3,(H,24,27)(H,25,29)(H,26,28). The molecule has 6 nitrogen and oxygen atoms in total. The van der Waals surface area contributed by atoms with Crippen molar-refractivity contribution in [3.8, 4) is 0 Å². The monoisotopic (exact) mass is 399 g/mol. The fourth-order valence-electron chi connectivity index (χ4n) is 2.89. The number of hydrogen-bond acceptors (Lipinski definition) is 3. The number of aryl methyl sites for hydroxylation is 1. The maximum atomic E-state index is 14.2. The SMILES string of the molecule is CC(=O)Nc1ccc(F)c(NC(=O)C(CC(C)C)NC(=O)c2ccccc2C)c1. The van der Waals surface area contributed by atoms with Crippen molar-refractivity contribution in [1.82, 2.24) is 5.32 Å². The van der Waals surface area contributed by atoms with Gasteiger partial charge in [0.1, 0.15) is 11.9 Å². The van der Waals surface area contributed by atoms with Crippen LogP contribution in [-0.4, -0.2) is 23.8 Å². The van der Waals surface area contributed by atoms with E-state index in [-0.39, 0.29) is 23.4 Å². The molecule has 0 spiro atoms. The van der Waals surface area contributed by atoms with Gasteiger partial charge < -0.3 is 16.0 Å². The largest absolute Gasteiger partial charge is 0.340 e. The van der Waals surface area contributed by atoms with Gasteiger partial charge in [0.2, 0.25) is 11.8 Å². The minimum absolute atomic E-state index is 0.0693. The summed E-state index contributed by atoms with van der Waals surface area (Å²) in [6, 6.07) is 10.1. The molecule has 3 amide bonds. The number of halogens is 1. The summed E-state index contributed by atoms with van der Waals surface area (Å²) in [5.41, 5.74) is 1.56. The minimum atomic E-state index is -0.842. The van der Waals surface area contributed by atoms with Gasteiger partial charge in [-0.05, 0) is 49.1 Å². The average Bonchev–Trinajstić information content (AvgIpc) is 2.63. The number of anilines is 2. The Morgan fingerprint density at radius 3 is 2.34 bits per heavy atom. The van der Waals surface area contributed by atoms with Gasteiger partial charge in [-0.2, -0.15) is 0 Å². The molecule has 3 N–H and O–H groups in total. The highest BCUT2D eigenvalue weighted by atomic mass is 19.1. The zero-order chi connectivity index (χ0) is 21.6. The lowest BCUT2D eigenvalue weighted by atomic mass is 10.0. The molecule has 29 heavy (non-hydrogen) atoms. The Labute approximate surface area is 169 Å². The normalized spacial score (nSPS) is 11.7. The van der Waals surface area contributed by atoms with Crippen molar-refractivity contribution in [2.75, 3.05) is 10.6 Å². The van der Waals surface area contributed by atoms with E-state index in [1.165, 1.54) is 19.1 Å². The number of amides is 3. The van der Waals surface area contributed by atoms with Crippen LogP contribution in [0.3, 0.4) is 0 Å². The highest BCUT2D eigenvalue weighted by Gasteiger charge is 2.24. The lowest BCUT2D eigenvalue weighted by Gasteiger charge is -2.21. The van der Waals surface area contributed by atoms with Crippen LogP contribution in [0.1, 0.15) is 43.1 Å². The predicted octanol–water partition coefficient (Wildman–Crippen LogP) is 3.88. The van der Waals surface area contributed by atoms with E-state index in [2.05, 4.69) is 16.0 Å². The average molecular weight is 399 g/mol. The van der Waals surface area contributed by atoms with Crippen molar-refractivity contribution in [1.29, 1.82) is 0 Å². The lowest BCUT2D eigenvalue weighted by Crippen LogP contribution is -2.44. The molecule has 154 valence electrons. The summed E-state index contributed by atoms with van der Waals surface area (Å²) < 4.78 is 14.2. The van der Waals surface area contributed by atoms with Crippen LogP contribution in [0.25, 0.3) is 0 Å². The Balaban J connectivity index is 2.20. The summed E-state index contributed by atoms with van der Waals surface area (Å²) in [6.07, 6.45) is 0.385. The van der Waals surface area contributed by atoms with Crippen LogP contribution in [0.4, 0.5) is 15.8 Å². The molecule has 0 saturated heterocycles. The van der Waals surface area contributed by atoms with Gasteiger partial charge in [0.25, 0.3) is 5.91 Å². The third kappa shape index (κ3) is 6.41. The van der Waals surface area contributed by atoms with E-state index in [1.54, 1.807) is 12.1 Å². The third-order valence-electron chi connectivity index (χ3n) is 4.26. The van der Waals surface area contributed by atoms with E-state index in [4.69, 9.17) is 0 Å². The number of hydrogen-bond donors (Lipinski definition) is 3. The quantitative estimate of drug-likeness (QED) is 0.660. The van der Waals surface area contributed by atoms with E-state index in [9.17, 15) is 18.8 Å². The number of benzene rings is 2. The fraction of sp³-hybridized carbons (Fsp3) is 0.318. The molecular weight excluding hydrogens is 373 g/mol. The molecule has 0 aliphatic heterocycles. The van der Waals surface area contributed by atoms with Crippen molar-refractivity contribution in [2.24, 2.45) is 5.92 Å². The van der Waals surface area contributed by atoms with Crippen LogP contribution in [0.2, 0.25) is 0 Å².